The van der Waals surface area contributed by atoms with Crippen molar-refractivity contribution in [2.24, 2.45) is 0 Å². The van der Waals surface area contributed by atoms with Crippen LogP contribution < -0.4 is 20.1 Å². The van der Waals surface area contributed by atoms with E-state index in [0.29, 0.717) is 17.8 Å². The third-order valence-electron chi connectivity index (χ3n) is 7.36. The van der Waals surface area contributed by atoms with Crippen molar-refractivity contribution < 1.29 is 18.7 Å². The van der Waals surface area contributed by atoms with Crippen molar-refractivity contribution in [3.63, 3.8) is 0 Å². The average Bonchev–Trinajstić information content (AvgIpc) is 3.20. The van der Waals surface area contributed by atoms with E-state index in [4.69, 9.17) is 9.47 Å². The summed E-state index contributed by atoms with van der Waals surface area (Å²) < 4.78 is 24.2. The van der Waals surface area contributed by atoms with Gasteiger partial charge in [-0.3, -0.25) is 4.90 Å². The molecule has 1 saturated carbocycles. The van der Waals surface area contributed by atoms with E-state index < -0.39 is 0 Å². The molecule has 178 valence electrons. The maximum atomic E-state index is 13.1. The minimum Gasteiger partial charge on any atom is -0.493 e. The van der Waals surface area contributed by atoms with E-state index in [1.807, 2.05) is 6.07 Å². The van der Waals surface area contributed by atoms with Gasteiger partial charge in [-0.25, -0.2) is 9.18 Å². The van der Waals surface area contributed by atoms with Gasteiger partial charge in [-0.15, -0.1) is 0 Å². The Bertz CT molecular complexity index is 981. The highest BCUT2D eigenvalue weighted by Gasteiger charge is 2.52. The number of benzene rings is 2. The van der Waals surface area contributed by atoms with Crippen LogP contribution in [0.1, 0.15) is 45.1 Å². The number of urea groups is 1. The van der Waals surface area contributed by atoms with Crippen molar-refractivity contribution in [1.82, 2.24) is 10.2 Å². The van der Waals surface area contributed by atoms with Gasteiger partial charge >= 0.3 is 6.03 Å². The lowest BCUT2D eigenvalue weighted by molar-refractivity contribution is 0.113. The van der Waals surface area contributed by atoms with Crippen LogP contribution in [-0.4, -0.2) is 49.8 Å². The quantitative estimate of drug-likeness (QED) is 0.648. The lowest BCUT2D eigenvalue weighted by atomic mass is 9.65. The molecule has 3 atom stereocenters. The molecule has 0 unspecified atom stereocenters. The average molecular weight is 456 g/mol. The molecule has 7 heteroatoms. The summed E-state index contributed by atoms with van der Waals surface area (Å²) in [6.45, 7) is 5.51. The summed E-state index contributed by atoms with van der Waals surface area (Å²) >= 11 is 0. The molecule has 2 amide bonds. The number of rotatable bonds is 6. The van der Waals surface area contributed by atoms with Gasteiger partial charge in [0.15, 0.2) is 11.5 Å². The van der Waals surface area contributed by atoms with Gasteiger partial charge in [0.25, 0.3) is 0 Å². The Kier molecular flexibility index (Phi) is 6.79. The summed E-state index contributed by atoms with van der Waals surface area (Å²) in [5, 5.41) is 5.97. The standard InChI is InChI=1S/C26H34FN3O3/c1-17(2)30-14-13-26(18-5-10-22(32-3)23(15-18)33-4)12-11-21(16-24(26)30)29-25(31)28-20-8-6-19(27)7-9-20/h5-10,15,17,21,24H,11-14,16H2,1-4H3,(H2,28,29,31)/t21-,24+,26-/m0/s1. The Balaban J connectivity index is 1.53. The molecule has 2 fully saturated rings. The highest BCUT2D eigenvalue weighted by Crippen LogP contribution is 2.50. The molecular formula is C26H34FN3O3. The largest absolute Gasteiger partial charge is 0.493 e. The van der Waals surface area contributed by atoms with Crippen LogP contribution in [0.3, 0.4) is 0 Å². The number of nitrogens with zero attached hydrogens (tertiary/aromatic N) is 1. The van der Waals surface area contributed by atoms with Crippen LogP contribution in [0.5, 0.6) is 11.5 Å². The van der Waals surface area contributed by atoms with E-state index in [-0.39, 0.29) is 23.3 Å². The summed E-state index contributed by atoms with van der Waals surface area (Å²) in [7, 11) is 3.33. The van der Waals surface area contributed by atoms with E-state index in [9.17, 15) is 9.18 Å². The summed E-state index contributed by atoms with van der Waals surface area (Å²) in [6, 6.07) is 12.7. The SMILES string of the molecule is COc1ccc([C@@]23CC[C@H](NC(=O)Nc4ccc(F)cc4)C[C@H]2N(C(C)C)CC3)cc1OC. The van der Waals surface area contributed by atoms with Crippen molar-refractivity contribution in [1.29, 1.82) is 0 Å². The zero-order valence-corrected chi connectivity index (χ0v) is 19.9. The van der Waals surface area contributed by atoms with E-state index in [2.05, 4.69) is 41.5 Å². The molecule has 0 radical (unpaired) electrons. The number of hydrogen-bond donors (Lipinski definition) is 2. The third kappa shape index (κ3) is 4.64. The van der Waals surface area contributed by atoms with Gasteiger partial charge in [-0.2, -0.15) is 0 Å². The van der Waals surface area contributed by atoms with Crippen LogP contribution >= 0.6 is 0 Å². The molecule has 2 aromatic carbocycles. The molecule has 2 aliphatic rings. The van der Waals surface area contributed by atoms with Gasteiger partial charge in [0, 0.05) is 29.2 Å². The molecule has 1 heterocycles. The first-order valence-corrected chi connectivity index (χ1v) is 11.7. The third-order valence-corrected chi connectivity index (χ3v) is 7.36. The second kappa shape index (κ2) is 9.59. The first-order valence-electron chi connectivity index (χ1n) is 11.7. The minimum absolute atomic E-state index is 0.0232. The molecule has 1 aliphatic carbocycles. The van der Waals surface area contributed by atoms with Crippen molar-refractivity contribution >= 4 is 11.7 Å². The molecule has 0 bridgehead atoms. The Labute approximate surface area is 195 Å². The Morgan fingerprint density at radius 2 is 1.82 bits per heavy atom. The normalized spacial score (nSPS) is 24.9. The van der Waals surface area contributed by atoms with Gasteiger partial charge in [0.1, 0.15) is 5.82 Å². The van der Waals surface area contributed by atoms with Crippen LogP contribution in [0, 0.1) is 5.82 Å². The number of carbonyl (C=O) groups is 1. The number of nitrogens with one attached hydrogen (secondary N) is 2. The van der Waals surface area contributed by atoms with E-state index in [1.54, 1.807) is 26.4 Å². The molecule has 1 saturated heterocycles. The number of likely N-dealkylation sites (tertiary alicyclic amines) is 1. The maximum Gasteiger partial charge on any atom is 0.319 e. The fraction of sp³-hybridized carbons (Fsp3) is 0.500. The van der Waals surface area contributed by atoms with E-state index in [0.717, 1.165) is 43.7 Å². The summed E-state index contributed by atoms with van der Waals surface area (Å²) in [5.74, 6) is 1.17. The molecule has 2 aromatic rings. The first-order chi connectivity index (χ1) is 15.9. The number of methoxy groups -OCH3 is 2. The number of amides is 2. The highest BCUT2D eigenvalue weighted by molar-refractivity contribution is 5.89. The van der Waals surface area contributed by atoms with Crippen molar-refractivity contribution in [3.8, 4) is 11.5 Å². The Morgan fingerprint density at radius 1 is 1.09 bits per heavy atom. The van der Waals surface area contributed by atoms with Crippen LogP contribution in [0.4, 0.5) is 14.9 Å². The number of carbonyl (C=O) groups excluding carboxylic acids is 1. The zero-order chi connectivity index (χ0) is 23.6. The lowest BCUT2D eigenvalue weighted by Gasteiger charge is -2.46. The Morgan fingerprint density at radius 3 is 2.48 bits per heavy atom. The first kappa shape index (κ1) is 23.4. The van der Waals surface area contributed by atoms with Crippen molar-refractivity contribution in [2.75, 3.05) is 26.1 Å². The van der Waals surface area contributed by atoms with Gasteiger partial charge in [-0.1, -0.05) is 6.07 Å². The number of ether oxygens (including phenoxy) is 2. The van der Waals surface area contributed by atoms with Crippen LogP contribution in [0.2, 0.25) is 0 Å². The van der Waals surface area contributed by atoms with Crippen LogP contribution in [0.15, 0.2) is 42.5 Å². The summed E-state index contributed by atoms with van der Waals surface area (Å²) in [5.41, 5.74) is 1.88. The van der Waals surface area contributed by atoms with Gasteiger partial charge in [0.05, 0.1) is 14.2 Å². The van der Waals surface area contributed by atoms with Gasteiger partial charge in [0.2, 0.25) is 0 Å². The fourth-order valence-electron chi connectivity index (χ4n) is 5.70. The van der Waals surface area contributed by atoms with E-state index >= 15 is 0 Å². The minimum atomic E-state index is -0.324. The smallest absolute Gasteiger partial charge is 0.319 e. The number of anilines is 1. The predicted molar refractivity (Wildman–Crippen MR) is 128 cm³/mol. The summed E-state index contributed by atoms with van der Waals surface area (Å²) in [6.07, 6.45) is 3.84. The molecule has 4 rings (SSSR count). The summed E-state index contributed by atoms with van der Waals surface area (Å²) in [4.78, 5) is 15.2. The lowest BCUT2D eigenvalue weighted by Crippen LogP contribution is -2.54. The Hall–Kier alpha value is -2.80. The predicted octanol–water partition coefficient (Wildman–Crippen LogP) is 4.94. The van der Waals surface area contributed by atoms with Crippen molar-refractivity contribution in [2.45, 2.75) is 63.1 Å². The number of halogens is 1. The van der Waals surface area contributed by atoms with Crippen LogP contribution in [0.25, 0.3) is 0 Å². The van der Waals surface area contributed by atoms with Crippen LogP contribution in [-0.2, 0) is 5.41 Å². The molecular weight excluding hydrogens is 421 g/mol. The van der Waals surface area contributed by atoms with Gasteiger partial charge < -0.3 is 20.1 Å². The monoisotopic (exact) mass is 455 g/mol. The highest BCUT2D eigenvalue weighted by atomic mass is 19.1. The molecule has 33 heavy (non-hydrogen) atoms. The fourth-order valence-corrected chi connectivity index (χ4v) is 5.70. The van der Waals surface area contributed by atoms with Gasteiger partial charge in [-0.05, 0) is 88.0 Å². The molecule has 0 aromatic heterocycles. The van der Waals surface area contributed by atoms with E-state index in [1.165, 1.54) is 17.7 Å². The second-order valence-electron chi connectivity index (χ2n) is 9.40. The number of hydrogen-bond acceptors (Lipinski definition) is 4. The maximum absolute atomic E-state index is 13.1. The molecule has 6 nitrogen and oxygen atoms in total. The molecule has 0 spiro atoms. The molecule has 1 aliphatic heterocycles. The zero-order valence-electron chi connectivity index (χ0n) is 19.9. The number of fused-ring (bicyclic) bond motifs is 1. The van der Waals surface area contributed by atoms with Crippen molar-refractivity contribution in [3.05, 3.63) is 53.8 Å². The topological polar surface area (TPSA) is 62.8 Å². The molecule has 2 N–H and O–H groups in total. The second-order valence-corrected chi connectivity index (χ2v) is 9.40.